The van der Waals surface area contributed by atoms with E-state index < -0.39 is 40.7 Å². The van der Waals surface area contributed by atoms with Crippen molar-refractivity contribution in [2.75, 3.05) is 0 Å². The fourth-order valence-electron chi connectivity index (χ4n) is 1.71. The van der Waals surface area contributed by atoms with Crippen LogP contribution in [0.3, 0.4) is 0 Å². The van der Waals surface area contributed by atoms with Crippen LogP contribution in [0.5, 0.6) is 0 Å². The molecule has 0 aliphatic rings. The summed E-state index contributed by atoms with van der Waals surface area (Å²) in [5, 5.41) is 0. The molecule has 0 aromatic heterocycles. The highest BCUT2D eigenvalue weighted by Gasteiger charge is 2.28. The predicted octanol–water partition coefficient (Wildman–Crippen LogP) is 3.96. The van der Waals surface area contributed by atoms with Crippen LogP contribution in [0.1, 0.15) is 44.2 Å². The van der Waals surface area contributed by atoms with Crippen LogP contribution in [0.25, 0.3) is 0 Å². The van der Waals surface area contributed by atoms with Gasteiger partial charge in [0.2, 0.25) is 5.82 Å². The number of benzene rings is 1. The largest absolute Gasteiger partial charge is 0.324 e. The minimum Gasteiger partial charge on any atom is -0.324 e. The summed E-state index contributed by atoms with van der Waals surface area (Å²) >= 11 is 0. The van der Waals surface area contributed by atoms with Gasteiger partial charge < -0.3 is 5.73 Å². The van der Waals surface area contributed by atoms with Gasteiger partial charge in [-0.25, -0.2) is 22.0 Å². The van der Waals surface area contributed by atoms with E-state index in [-0.39, 0.29) is 6.42 Å². The lowest BCUT2D eigenvalue weighted by Gasteiger charge is -2.15. The molecule has 1 atom stereocenters. The lowest BCUT2D eigenvalue weighted by Crippen LogP contribution is -2.18. The first kappa shape index (κ1) is 14.9. The predicted molar refractivity (Wildman–Crippen MR) is 57.3 cm³/mol. The van der Waals surface area contributed by atoms with Crippen molar-refractivity contribution in [1.29, 1.82) is 0 Å². The second kappa shape index (κ2) is 6.13. The average Bonchev–Trinajstić information content (AvgIpc) is 2.34. The van der Waals surface area contributed by atoms with Crippen LogP contribution in [0.4, 0.5) is 22.0 Å². The van der Waals surface area contributed by atoms with Gasteiger partial charge >= 0.3 is 0 Å². The van der Waals surface area contributed by atoms with Crippen LogP contribution in [0.15, 0.2) is 0 Å². The molecule has 0 heterocycles. The molecule has 0 fully saturated rings. The summed E-state index contributed by atoms with van der Waals surface area (Å²) in [5.74, 6) is -9.73. The standard InChI is InChI=1S/C12H14F5N/c1-2-3-4-5-6(18)7-8(13)10(15)12(17)11(16)9(7)14/h6H,2-5,18H2,1H3/t6-/m0/s1. The van der Waals surface area contributed by atoms with Gasteiger partial charge in [0.15, 0.2) is 23.3 Å². The third-order valence-corrected chi connectivity index (χ3v) is 2.73. The van der Waals surface area contributed by atoms with E-state index in [4.69, 9.17) is 5.73 Å². The highest BCUT2D eigenvalue weighted by Crippen LogP contribution is 2.28. The maximum Gasteiger partial charge on any atom is 0.200 e. The number of unbranched alkanes of at least 4 members (excludes halogenated alkanes) is 2. The number of rotatable bonds is 5. The number of nitrogens with two attached hydrogens (primary N) is 1. The molecular formula is C12H14F5N. The molecular weight excluding hydrogens is 253 g/mol. The Balaban J connectivity index is 3.08. The molecule has 0 bridgehead atoms. The summed E-state index contributed by atoms with van der Waals surface area (Å²) < 4.78 is 65.4. The van der Waals surface area contributed by atoms with E-state index in [1.807, 2.05) is 6.92 Å². The lowest BCUT2D eigenvalue weighted by molar-refractivity contribution is 0.361. The Hall–Kier alpha value is -1.17. The molecule has 6 heteroatoms. The van der Waals surface area contributed by atoms with Crippen molar-refractivity contribution in [2.24, 2.45) is 5.73 Å². The highest BCUT2D eigenvalue weighted by molar-refractivity contribution is 5.26. The molecule has 1 aromatic carbocycles. The zero-order valence-corrected chi connectivity index (χ0v) is 9.87. The zero-order chi connectivity index (χ0) is 13.9. The average molecular weight is 267 g/mol. The highest BCUT2D eigenvalue weighted by atomic mass is 19.2. The van der Waals surface area contributed by atoms with Crippen molar-refractivity contribution >= 4 is 0 Å². The quantitative estimate of drug-likeness (QED) is 0.371. The summed E-state index contributed by atoms with van der Waals surface area (Å²) in [6.07, 6.45) is 2.39. The minimum atomic E-state index is -2.16. The Morgan fingerprint density at radius 3 is 1.72 bits per heavy atom. The van der Waals surface area contributed by atoms with Gasteiger partial charge in [0.1, 0.15) is 0 Å². The lowest BCUT2D eigenvalue weighted by atomic mass is 9.99. The summed E-state index contributed by atoms with van der Waals surface area (Å²) in [5.41, 5.74) is 4.56. The van der Waals surface area contributed by atoms with Crippen LogP contribution < -0.4 is 5.73 Å². The molecule has 0 aliphatic carbocycles. The molecule has 1 nitrogen and oxygen atoms in total. The Morgan fingerprint density at radius 1 is 0.833 bits per heavy atom. The van der Waals surface area contributed by atoms with Crippen LogP contribution in [-0.4, -0.2) is 0 Å². The maximum absolute atomic E-state index is 13.4. The van der Waals surface area contributed by atoms with Crippen molar-refractivity contribution in [3.63, 3.8) is 0 Å². The van der Waals surface area contributed by atoms with Gasteiger partial charge in [-0.05, 0) is 6.42 Å². The second-order valence-corrected chi connectivity index (χ2v) is 4.09. The van der Waals surface area contributed by atoms with Gasteiger partial charge in [0, 0.05) is 11.6 Å². The summed E-state index contributed by atoms with van der Waals surface area (Å²) in [6.45, 7) is 1.92. The molecule has 1 aromatic rings. The number of hydrogen-bond acceptors (Lipinski definition) is 1. The Morgan fingerprint density at radius 2 is 1.28 bits per heavy atom. The normalized spacial score (nSPS) is 12.8. The fourth-order valence-corrected chi connectivity index (χ4v) is 1.71. The fraction of sp³-hybridized carbons (Fsp3) is 0.500. The van der Waals surface area contributed by atoms with Gasteiger partial charge in [0.25, 0.3) is 0 Å². The third kappa shape index (κ3) is 2.80. The van der Waals surface area contributed by atoms with Crippen LogP contribution in [0, 0.1) is 29.1 Å². The zero-order valence-electron chi connectivity index (χ0n) is 9.87. The molecule has 0 aliphatic heterocycles. The van der Waals surface area contributed by atoms with Gasteiger partial charge in [-0.15, -0.1) is 0 Å². The topological polar surface area (TPSA) is 26.0 Å². The van der Waals surface area contributed by atoms with Crippen LogP contribution >= 0.6 is 0 Å². The van der Waals surface area contributed by atoms with Crippen molar-refractivity contribution in [3.8, 4) is 0 Å². The smallest absolute Gasteiger partial charge is 0.200 e. The third-order valence-electron chi connectivity index (χ3n) is 2.73. The molecule has 2 N–H and O–H groups in total. The minimum absolute atomic E-state index is 0.173. The monoisotopic (exact) mass is 267 g/mol. The SMILES string of the molecule is CCCCC[C@H](N)c1c(F)c(F)c(F)c(F)c1F. The Bertz CT molecular complexity index is 404. The van der Waals surface area contributed by atoms with Gasteiger partial charge in [0.05, 0.1) is 0 Å². The van der Waals surface area contributed by atoms with Gasteiger partial charge in [-0.2, -0.15) is 0 Å². The molecule has 0 radical (unpaired) electrons. The van der Waals surface area contributed by atoms with E-state index >= 15 is 0 Å². The van der Waals surface area contributed by atoms with E-state index in [0.717, 1.165) is 12.8 Å². The van der Waals surface area contributed by atoms with Crippen LogP contribution in [0.2, 0.25) is 0 Å². The van der Waals surface area contributed by atoms with Crippen molar-refractivity contribution in [2.45, 2.75) is 38.6 Å². The van der Waals surface area contributed by atoms with E-state index in [2.05, 4.69) is 0 Å². The summed E-state index contributed by atoms with van der Waals surface area (Å²) in [4.78, 5) is 0. The van der Waals surface area contributed by atoms with Crippen molar-refractivity contribution in [1.82, 2.24) is 0 Å². The molecule has 18 heavy (non-hydrogen) atoms. The molecule has 0 spiro atoms. The number of halogens is 5. The van der Waals surface area contributed by atoms with E-state index in [1.165, 1.54) is 0 Å². The molecule has 1 rings (SSSR count). The van der Waals surface area contributed by atoms with Crippen molar-refractivity contribution < 1.29 is 22.0 Å². The molecule has 0 amide bonds. The molecule has 0 saturated carbocycles. The van der Waals surface area contributed by atoms with E-state index in [9.17, 15) is 22.0 Å². The maximum atomic E-state index is 13.4. The molecule has 102 valence electrons. The first-order valence-corrected chi connectivity index (χ1v) is 5.68. The van der Waals surface area contributed by atoms with E-state index in [1.54, 1.807) is 0 Å². The molecule has 0 unspecified atom stereocenters. The Labute approximate surface area is 102 Å². The Kier molecular flexibility index (Phi) is 5.07. The van der Waals surface area contributed by atoms with Crippen molar-refractivity contribution in [3.05, 3.63) is 34.6 Å². The van der Waals surface area contributed by atoms with Gasteiger partial charge in [-0.3, -0.25) is 0 Å². The van der Waals surface area contributed by atoms with E-state index in [0.29, 0.717) is 6.42 Å². The summed E-state index contributed by atoms with van der Waals surface area (Å²) in [6, 6.07) is -1.19. The molecule has 0 saturated heterocycles. The first-order valence-electron chi connectivity index (χ1n) is 5.68. The van der Waals surface area contributed by atoms with Crippen LogP contribution in [-0.2, 0) is 0 Å². The number of hydrogen-bond donors (Lipinski definition) is 1. The van der Waals surface area contributed by atoms with Gasteiger partial charge in [-0.1, -0.05) is 26.2 Å². The second-order valence-electron chi connectivity index (χ2n) is 4.09. The summed E-state index contributed by atoms with van der Waals surface area (Å²) in [7, 11) is 0. The first-order chi connectivity index (χ1) is 8.41.